The van der Waals surface area contributed by atoms with E-state index in [1.54, 1.807) is 0 Å². The molecule has 2 rings (SSSR count). The molecular formula is C12H10Br3NO. The van der Waals surface area contributed by atoms with Gasteiger partial charge in [-0.25, -0.2) is 4.57 Å². The summed E-state index contributed by atoms with van der Waals surface area (Å²) in [6.07, 6.45) is 3.93. The van der Waals surface area contributed by atoms with Crippen LogP contribution in [0.1, 0.15) is 5.56 Å². The number of phenolic OH excluding ortho intramolecular Hbond substituents is 1. The van der Waals surface area contributed by atoms with Gasteiger partial charge in [0.25, 0.3) is 0 Å². The molecule has 1 aromatic carbocycles. The van der Waals surface area contributed by atoms with Crippen LogP contribution in [-0.2, 0) is 6.54 Å². The van der Waals surface area contributed by atoms with Gasteiger partial charge in [0, 0.05) is 16.6 Å². The van der Waals surface area contributed by atoms with Crippen LogP contribution in [0.15, 0.2) is 51.7 Å². The van der Waals surface area contributed by atoms with Gasteiger partial charge in [-0.15, -0.1) is 0 Å². The highest BCUT2D eigenvalue weighted by atomic mass is 79.9. The minimum atomic E-state index is 0. The van der Waals surface area contributed by atoms with Gasteiger partial charge >= 0.3 is 0 Å². The first-order chi connectivity index (χ1) is 7.66. The van der Waals surface area contributed by atoms with Crippen LogP contribution >= 0.6 is 31.9 Å². The average molecular weight is 424 g/mol. The Morgan fingerprint density at radius 1 is 1.06 bits per heavy atom. The molecule has 0 spiro atoms. The van der Waals surface area contributed by atoms with E-state index in [4.69, 9.17) is 0 Å². The molecule has 0 fully saturated rings. The lowest BCUT2D eigenvalue weighted by molar-refractivity contribution is -0.688. The number of phenols is 1. The number of benzene rings is 1. The highest BCUT2D eigenvalue weighted by Gasteiger charge is 2.11. The number of hydrogen-bond donors (Lipinski definition) is 1. The second-order valence-electron chi connectivity index (χ2n) is 3.44. The van der Waals surface area contributed by atoms with Crippen LogP contribution in [0.3, 0.4) is 0 Å². The SMILES string of the molecule is Oc1c(Br)cc(Br)cc1C[n+]1ccccc1.[Br-]. The van der Waals surface area contributed by atoms with Crippen LogP contribution in [0.5, 0.6) is 5.75 Å². The Bertz CT molecular complexity index is 503. The first kappa shape index (κ1) is 14.7. The molecule has 17 heavy (non-hydrogen) atoms. The summed E-state index contributed by atoms with van der Waals surface area (Å²) in [6, 6.07) is 9.63. The number of pyridine rings is 1. The molecule has 1 aromatic heterocycles. The molecule has 1 N–H and O–H groups in total. The van der Waals surface area contributed by atoms with Gasteiger partial charge < -0.3 is 22.1 Å². The fourth-order valence-electron chi connectivity index (χ4n) is 1.48. The van der Waals surface area contributed by atoms with Crippen molar-refractivity contribution < 1.29 is 26.7 Å². The molecule has 0 amide bonds. The summed E-state index contributed by atoms with van der Waals surface area (Å²) in [7, 11) is 0. The third-order valence-electron chi connectivity index (χ3n) is 2.24. The van der Waals surface area contributed by atoms with Crippen molar-refractivity contribution in [1.82, 2.24) is 0 Å². The van der Waals surface area contributed by atoms with Crippen LogP contribution in [-0.4, -0.2) is 5.11 Å². The molecule has 0 unspecified atom stereocenters. The van der Waals surface area contributed by atoms with Crippen molar-refractivity contribution in [2.75, 3.05) is 0 Å². The number of aromatic nitrogens is 1. The molecule has 0 bridgehead atoms. The van der Waals surface area contributed by atoms with E-state index < -0.39 is 0 Å². The molecule has 2 nitrogen and oxygen atoms in total. The largest absolute Gasteiger partial charge is 1.00 e. The van der Waals surface area contributed by atoms with Gasteiger partial charge in [-0.1, -0.05) is 22.0 Å². The van der Waals surface area contributed by atoms with Crippen molar-refractivity contribution in [3.05, 3.63) is 57.2 Å². The Morgan fingerprint density at radius 3 is 2.35 bits per heavy atom. The van der Waals surface area contributed by atoms with Crippen molar-refractivity contribution in [2.45, 2.75) is 6.54 Å². The van der Waals surface area contributed by atoms with E-state index in [0.29, 0.717) is 16.8 Å². The Hall–Kier alpha value is -0.390. The van der Waals surface area contributed by atoms with Crippen LogP contribution in [0, 0.1) is 0 Å². The Balaban J connectivity index is 0.00000144. The summed E-state index contributed by atoms with van der Waals surface area (Å²) >= 11 is 6.73. The minimum Gasteiger partial charge on any atom is -1.00 e. The lowest BCUT2D eigenvalue weighted by Gasteiger charge is -2.04. The number of halogens is 3. The highest BCUT2D eigenvalue weighted by molar-refractivity contribution is 9.11. The second kappa shape index (κ2) is 6.52. The highest BCUT2D eigenvalue weighted by Crippen LogP contribution is 2.31. The van der Waals surface area contributed by atoms with Crippen LogP contribution < -0.4 is 21.5 Å². The predicted molar refractivity (Wildman–Crippen MR) is 69.2 cm³/mol. The lowest BCUT2D eigenvalue weighted by atomic mass is 10.2. The van der Waals surface area contributed by atoms with Gasteiger partial charge in [0.15, 0.2) is 18.9 Å². The number of aromatic hydroxyl groups is 1. The molecule has 0 aliphatic heterocycles. The summed E-state index contributed by atoms with van der Waals surface area (Å²) < 4.78 is 3.66. The lowest BCUT2D eigenvalue weighted by Crippen LogP contribution is -3.00. The third kappa shape index (κ3) is 3.79. The van der Waals surface area contributed by atoms with Gasteiger partial charge in [-0.2, -0.15) is 0 Å². The summed E-state index contributed by atoms with van der Waals surface area (Å²) in [4.78, 5) is 0. The molecule has 0 saturated carbocycles. The molecule has 90 valence electrons. The van der Waals surface area contributed by atoms with Crippen molar-refractivity contribution in [3.63, 3.8) is 0 Å². The first-order valence-electron chi connectivity index (χ1n) is 4.78. The summed E-state index contributed by atoms with van der Waals surface area (Å²) in [5.74, 6) is 0.291. The molecular weight excluding hydrogens is 414 g/mol. The zero-order chi connectivity index (χ0) is 11.5. The van der Waals surface area contributed by atoms with Gasteiger partial charge in [0.1, 0.15) is 5.75 Å². The fraction of sp³-hybridized carbons (Fsp3) is 0.0833. The van der Waals surface area contributed by atoms with Crippen molar-refractivity contribution in [2.24, 2.45) is 0 Å². The van der Waals surface area contributed by atoms with Gasteiger partial charge in [-0.3, -0.25) is 0 Å². The van der Waals surface area contributed by atoms with E-state index in [0.717, 1.165) is 10.0 Å². The molecule has 0 aliphatic carbocycles. The summed E-state index contributed by atoms with van der Waals surface area (Å²) in [5, 5.41) is 9.90. The summed E-state index contributed by atoms with van der Waals surface area (Å²) in [5.41, 5.74) is 0.873. The smallest absolute Gasteiger partial charge is 0.177 e. The van der Waals surface area contributed by atoms with E-state index in [2.05, 4.69) is 31.9 Å². The van der Waals surface area contributed by atoms with Gasteiger partial charge in [-0.05, 0) is 28.1 Å². The average Bonchev–Trinajstić information content (AvgIpc) is 2.27. The maximum absolute atomic E-state index is 9.90. The quantitative estimate of drug-likeness (QED) is 0.688. The van der Waals surface area contributed by atoms with Gasteiger partial charge in [0.2, 0.25) is 0 Å². The maximum atomic E-state index is 9.90. The zero-order valence-electron chi connectivity index (χ0n) is 8.78. The standard InChI is InChI=1S/C12H9Br2NO.BrH/c13-10-6-9(12(16)11(14)7-10)8-15-4-2-1-3-5-15;/h1-7H,8H2;1H. The predicted octanol–water partition coefficient (Wildman–Crippen LogP) is 0.257. The Kier molecular flexibility index (Phi) is 5.62. The monoisotopic (exact) mass is 421 g/mol. The molecule has 0 aliphatic rings. The van der Waals surface area contributed by atoms with E-state index in [1.165, 1.54) is 0 Å². The van der Waals surface area contributed by atoms with Crippen LogP contribution in [0.2, 0.25) is 0 Å². The Labute approximate surface area is 127 Å². The molecule has 0 radical (unpaired) electrons. The molecule has 0 saturated heterocycles. The van der Waals surface area contributed by atoms with Crippen molar-refractivity contribution in [3.8, 4) is 5.75 Å². The number of nitrogens with zero attached hydrogens (tertiary/aromatic N) is 1. The summed E-state index contributed by atoms with van der Waals surface area (Å²) in [6.45, 7) is 0.644. The fourth-order valence-corrected chi connectivity index (χ4v) is 2.79. The zero-order valence-corrected chi connectivity index (χ0v) is 13.5. The number of rotatable bonds is 2. The molecule has 5 heteroatoms. The van der Waals surface area contributed by atoms with E-state index in [9.17, 15) is 5.11 Å². The molecule has 1 heterocycles. The third-order valence-corrected chi connectivity index (χ3v) is 3.30. The normalized spacial score (nSPS) is 9.76. The topological polar surface area (TPSA) is 24.1 Å². The van der Waals surface area contributed by atoms with Crippen molar-refractivity contribution in [1.29, 1.82) is 0 Å². The Morgan fingerprint density at radius 2 is 1.71 bits per heavy atom. The van der Waals surface area contributed by atoms with E-state index in [1.807, 2.05) is 47.3 Å². The van der Waals surface area contributed by atoms with E-state index >= 15 is 0 Å². The van der Waals surface area contributed by atoms with Crippen LogP contribution in [0.25, 0.3) is 0 Å². The van der Waals surface area contributed by atoms with Crippen LogP contribution in [0.4, 0.5) is 0 Å². The first-order valence-corrected chi connectivity index (χ1v) is 6.36. The molecule has 0 atom stereocenters. The van der Waals surface area contributed by atoms with Crippen molar-refractivity contribution >= 4 is 31.9 Å². The minimum absolute atomic E-state index is 0. The number of hydrogen-bond acceptors (Lipinski definition) is 1. The molecule has 2 aromatic rings. The maximum Gasteiger partial charge on any atom is 0.177 e. The van der Waals surface area contributed by atoms with Gasteiger partial charge in [0.05, 0.1) is 10.0 Å². The second-order valence-corrected chi connectivity index (χ2v) is 5.21. The van der Waals surface area contributed by atoms with E-state index in [-0.39, 0.29) is 17.0 Å².